The highest BCUT2D eigenvalue weighted by Gasteiger charge is 2.39. The lowest BCUT2D eigenvalue weighted by atomic mass is 9.73. The largest absolute Gasteiger partial charge is 0.508 e. The van der Waals surface area contributed by atoms with Crippen LogP contribution in [0.25, 0.3) is 0 Å². The molecule has 0 aliphatic carbocycles. The molecule has 3 aromatic rings. The van der Waals surface area contributed by atoms with Gasteiger partial charge in [0.05, 0.1) is 0 Å². The van der Waals surface area contributed by atoms with E-state index in [0.717, 1.165) is 41.2 Å². The number of benzene rings is 3. The van der Waals surface area contributed by atoms with Gasteiger partial charge in [-0.3, -0.25) is 4.90 Å². The monoisotopic (exact) mass is 459 g/mol. The standard InChI is InChI=1S/C29H33NO4/c1-2-25-26-19-23(32)11-14-27(26)34-29(28(25)20-5-9-22(31)10-6-20)21-7-12-24(13-8-21)33-18-17-30-15-3-4-16-30/h5-14,19,25,28-29,31-32H,2-4,15-18H2,1H3/t25-,28+,29+/m0/s1. The van der Waals surface area contributed by atoms with Crippen LogP contribution in [-0.2, 0) is 0 Å². The van der Waals surface area contributed by atoms with E-state index >= 15 is 0 Å². The average Bonchev–Trinajstić information content (AvgIpc) is 3.37. The molecule has 5 nitrogen and oxygen atoms in total. The molecule has 2 aliphatic heterocycles. The minimum atomic E-state index is -0.190. The summed E-state index contributed by atoms with van der Waals surface area (Å²) in [7, 11) is 0. The van der Waals surface area contributed by atoms with Gasteiger partial charge in [0.1, 0.15) is 35.7 Å². The van der Waals surface area contributed by atoms with Gasteiger partial charge in [-0.2, -0.15) is 0 Å². The summed E-state index contributed by atoms with van der Waals surface area (Å²) in [5.41, 5.74) is 3.22. The molecule has 1 saturated heterocycles. The van der Waals surface area contributed by atoms with Crippen molar-refractivity contribution in [1.29, 1.82) is 0 Å². The van der Waals surface area contributed by atoms with E-state index in [0.29, 0.717) is 6.61 Å². The minimum absolute atomic E-state index is 0.0434. The zero-order valence-corrected chi connectivity index (χ0v) is 19.7. The third kappa shape index (κ3) is 4.71. The summed E-state index contributed by atoms with van der Waals surface area (Å²) in [5.74, 6) is 2.40. The Morgan fingerprint density at radius 2 is 1.56 bits per heavy atom. The molecule has 1 fully saturated rings. The second kappa shape index (κ2) is 9.98. The first-order valence-corrected chi connectivity index (χ1v) is 12.4. The van der Waals surface area contributed by atoms with Gasteiger partial charge in [0, 0.05) is 18.0 Å². The maximum atomic E-state index is 10.1. The molecule has 0 unspecified atom stereocenters. The van der Waals surface area contributed by atoms with E-state index in [1.165, 1.54) is 25.9 Å². The molecule has 3 aromatic carbocycles. The van der Waals surface area contributed by atoms with Crippen molar-refractivity contribution < 1.29 is 19.7 Å². The van der Waals surface area contributed by atoms with Crippen molar-refractivity contribution >= 4 is 0 Å². The number of likely N-dealkylation sites (tertiary alicyclic amines) is 1. The van der Waals surface area contributed by atoms with Gasteiger partial charge >= 0.3 is 0 Å². The van der Waals surface area contributed by atoms with Crippen LogP contribution >= 0.6 is 0 Å². The number of hydrogen-bond donors (Lipinski definition) is 2. The molecule has 0 radical (unpaired) electrons. The van der Waals surface area contributed by atoms with Crippen molar-refractivity contribution in [3.63, 3.8) is 0 Å². The summed E-state index contributed by atoms with van der Waals surface area (Å²) < 4.78 is 12.6. The van der Waals surface area contributed by atoms with Crippen LogP contribution in [0.4, 0.5) is 0 Å². The number of ether oxygens (including phenoxy) is 2. The van der Waals surface area contributed by atoms with E-state index in [4.69, 9.17) is 9.47 Å². The Kier molecular flexibility index (Phi) is 6.63. The van der Waals surface area contributed by atoms with Crippen molar-refractivity contribution in [2.75, 3.05) is 26.2 Å². The molecule has 0 spiro atoms. The predicted molar refractivity (Wildman–Crippen MR) is 133 cm³/mol. The Bertz CT molecular complexity index is 1090. The Balaban J connectivity index is 1.41. The SMILES string of the molecule is CC[C@H]1c2cc(O)ccc2O[C@H](c2ccc(OCCN3CCCC3)cc2)[C@@H]1c1ccc(O)cc1. The zero-order chi connectivity index (χ0) is 23.5. The fraction of sp³-hybridized carbons (Fsp3) is 0.379. The Morgan fingerprint density at radius 3 is 2.26 bits per heavy atom. The van der Waals surface area contributed by atoms with Crippen LogP contribution in [0, 0.1) is 0 Å². The Labute approximate surface area is 201 Å². The molecule has 0 aromatic heterocycles. The van der Waals surface area contributed by atoms with Gasteiger partial charge in [-0.25, -0.2) is 0 Å². The summed E-state index contributed by atoms with van der Waals surface area (Å²) in [6.45, 7) is 6.20. The Morgan fingerprint density at radius 1 is 0.882 bits per heavy atom. The number of hydrogen-bond acceptors (Lipinski definition) is 5. The highest BCUT2D eigenvalue weighted by molar-refractivity contribution is 5.48. The van der Waals surface area contributed by atoms with Crippen molar-refractivity contribution in [3.8, 4) is 23.0 Å². The predicted octanol–water partition coefficient (Wildman–Crippen LogP) is 5.98. The van der Waals surface area contributed by atoms with E-state index in [-0.39, 0.29) is 29.4 Å². The normalized spacial score (nSPS) is 22.2. The molecule has 0 saturated carbocycles. The molecule has 3 atom stereocenters. The van der Waals surface area contributed by atoms with Crippen LogP contribution in [0.1, 0.15) is 60.8 Å². The van der Waals surface area contributed by atoms with Crippen molar-refractivity contribution in [1.82, 2.24) is 4.90 Å². The quantitative estimate of drug-likeness (QED) is 0.455. The number of phenolic OH excluding ortho intramolecular Hbond substituents is 2. The first kappa shape index (κ1) is 22.6. The van der Waals surface area contributed by atoms with Gasteiger partial charge in [-0.15, -0.1) is 0 Å². The van der Waals surface area contributed by atoms with Crippen molar-refractivity contribution in [2.24, 2.45) is 0 Å². The molecule has 0 bridgehead atoms. The number of phenols is 2. The van der Waals surface area contributed by atoms with Crippen molar-refractivity contribution in [3.05, 3.63) is 83.4 Å². The second-order valence-corrected chi connectivity index (χ2v) is 9.36. The number of aromatic hydroxyl groups is 2. The summed E-state index contributed by atoms with van der Waals surface area (Å²) in [6, 6.07) is 21.0. The highest BCUT2D eigenvalue weighted by Crippen LogP contribution is 2.53. The Hall–Kier alpha value is -3.18. The molecule has 34 heavy (non-hydrogen) atoms. The maximum absolute atomic E-state index is 10.1. The molecule has 178 valence electrons. The van der Waals surface area contributed by atoms with Gasteiger partial charge in [0.25, 0.3) is 0 Å². The molecule has 2 heterocycles. The lowest BCUT2D eigenvalue weighted by Crippen LogP contribution is -2.28. The van der Waals surface area contributed by atoms with Gasteiger partial charge in [0.15, 0.2) is 0 Å². The van der Waals surface area contributed by atoms with Crippen LogP contribution in [0.5, 0.6) is 23.0 Å². The van der Waals surface area contributed by atoms with Gasteiger partial charge in [-0.1, -0.05) is 31.2 Å². The van der Waals surface area contributed by atoms with Crippen LogP contribution in [0.2, 0.25) is 0 Å². The minimum Gasteiger partial charge on any atom is -0.508 e. The van der Waals surface area contributed by atoms with E-state index in [2.05, 4.69) is 24.0 Å². The molecular formula is C29H33NO4. The van der Waals surface area contributed by atoms with Crippen LogP contribution in [0.3, 0.4) is 0 Å². The fourth-order valence-electron chi connectivity index (χ4n) is 5.45. The summed E-state index contributed by atoms with van der Waals surface area (Å²) in [4.78, 5) is 2.45. The van der Waals surface area contributed by atoms with E-state index in [9.17, 15) is 10.2 Å². The van der Waals surface area contributed by atoms with E-state index < -0.39 is 0 Å². The fourth-order valence-corrected chi connectivity index (χ4v) is 5.45. The van der Waals surface area contributed by atoms with Gasteiger partial charge < -0.3 is 19.7 Å². The van der Waals surface area contributed by atoms with Crippen LogP contribution in [-0.4, -0.2) is 41.4 Å². The van der Waals surface area contributed by atoms with Crippen LogP contribution in [0.15, 0.2) is 66.7 Å². The summed E-state index contributed by atoms with van der Waals surface area (Å²) >= 11 is 0. The molecular weight excluding hydrogens is 426 g/mol. The second-order valence-electron chi connectivity index (χ2n) is 9.36. The molecule has 2 aliphatic rings. The lowest BCUT2D eigenvalue weighted by Gasteiger charge is -2.40. The van der Waals surface area contributed by atoms with E-state index in [1.807, 2.05) is 36.4 Å². The van der Waals surface area contributed by atoms with Crippen LogP contribution < -0.4 is 9.47 Å². The molecule has 0 amide bonds. The molecule has 2 N–H and O–H groups in total. The first-order chi connectivity index (χ1) is 16.6. The topological polar surface area (TPSA) is 62.2 Å². The first-order valence-electron chi connectivity index (χ1n) is 12.4. The number of rotatable bonds is 7. The summed E-state index contributed by atoms with van der Waals surface area (Å²) in [5, 5.41) is 20.0. The molecule has 5 heteroatoms. The van der Waals surface area contributed by atoms with Gasteiger partial charge in [-0.05, 0) is 91.9 Å². The number of fused-ring (bicyclic) bond motifs is 1. The third-order valence-electron chi connectivity index (χ3n) is 7.21. The van der Waals surface area contributed by atoms with Gasteiger partial charge in [0.2, 0.25) is 0 Å². The smallest absolute Gasteiger partial charge is 0.131 e. The zero-order valence-electron chi connectivity index (χ0n) is 19.7. The number of nitrogens with zero attached hydrogens (tertiary/aromatic N) is 1. The maximum Gasteiger partial charge on any atom is 0.131 e. The van der Waals surface area contributed by atoms with Crippen molar-refractivity contribution in [2.45, 2.75) is 44.1 Å². The summed E-state index contributed by atoms with van der Waals surface area (Å²) in [6.07, 6.45) is 3.30. The molecule has 5 rings (SSSR count). The highest BCUT2D eigenvalue weighted by atomic mass is 16.5. The lowest BCUT2D eigenvalue weighted by molar-refractivity contribution is 0.131. The average molecular weight is 460 g/mol. The van der Waals surface area contributed by atoms with E-state index in [1.54, 1.807) is 18.2 Å². The third-order valence-corrected chi connectivity index (χ3v) is 7.21.